The summed E-state index contributed by atoms with van der Waals surface area (Å²) in [5.74, 6) is -1.06. The monoisotopic (exact) mass is 420 g/mol. The lowest BCUT2D eigenvalue weighted by Crippen LogP contribution is -2.51. The fraction of sp³-hybridized carbons (Fsp3) is 0.667. The first-order valence-electron chi connectivity index (χ1n) is 7.56. The van der Waals surface area contributed by atoms with E-state index in [1.807, 2.05) is 5.38 Å². The molecule has 1 amide bonds. The van der Waals surface area contributed by atoms with E-state index in [1.54, 1.807) is 25.7 Å². The highest BCUT2D eigenvalue weighted by molar-refractivity contribution is 9.10. The quantitative estimate of drug-likeness (QED) is 0.803. The number of rotatable bonds is 4. The Kier molecular flexibility index (Phi) is 5.87. The standard InChI is InChI=1S/C15H21BrN2O5S/c1-14(2,3)23-13(21)18-6-4-5-15(9-18,22-7-11(19)20)12-17-10(16)8-24-12/h8H,4-7,9H2,1-3H3,(H,19,20). The summed E-state index contributed by atoms with van der Waals surface area (Å²) in [6.45, 7) is 5.73. The van der Waals surface area contributed by atoms with Gasteiger partial charge in [0.15, 0.2) is 0 Å². The van der Waals surface area contributed by atoms with Gasteiger partial charge in [-0.1, -0.05) is 0 Å². The molecule has 1 N–H and O–H groups in total. The number of thiazole rings is 1. The zero-order valence-corrected chi connectivity index (χ0v) is 16.3. The van der Waals surface area contributed by atoms with Crippen LogP contribution in [0.3, 0.4) is 0 Å². The van der Waals surface area contributed by atoms with E-state index in [1.165, 1.54) is 11.3 Å². The number of carboxylic acid groups (broad SMARTS) is 1. The summed E-state index contributed by atoms with van der Waals surface area (Å²) in [5.41, 5.74) is -1.52. The summed E-state index contributed by atoms with van der Waals surface area (Å²) in [6.07, 6.45) is 0.844. The van der Waals surface area contributed by atoms with E-state index >= 15 is 0 Å². The molecule has 2 heterocycles. The first-order valence-corrected chi connectivity index (χ1v) is 9.24. The van der Waals surface area contributed by atoms with Gasteiger partial charge in [-0.25, -0.2) is 14.6 Å². The van der Waals surface area contributed by atoms with Crippen LogP contribution in [0.15, 0.2) is 9.98 Å². The summed E-state index contributed by atoms with van der Waals surface area (Å²) < 4.78 is 11.8. The first kappa shape index (κ1) is 19.1. The molecular formula is C15H21BrN2O5S. The molecule has 1 atom stereocenters. The van der Waals surface area contributed by atoms with Gasteiger partial charge in [0.2, 0.25) is 0 Å². The average Bonchev–Trinajstić information content (AvgIpc) is 2.91. The van der Waals surface area contributed by atoms with Gasteiger partial charge in [-0.2, -0.15) is 0 Å². The summed E-state index contributed by atoms with van der Waals surface area (Å²) in [4.78, 5) is 29.3. The number of halogens is 1. The normalized spacial score (nSPS) is 21.6. The number of likely N-dealkylation sites (tertiary alicyclic amines) is 1. The highest BCUT2D eigenvalue weighted by Crippen LogP contribution is 2.38. The third-order valence-electron chi connectivity index (χ3n) is 3.44. The Morgan fingerprint density at radius 2 is 2.21 bits per heavy atom. The van der Waals surface area contributed by atoms with Crippen molar-refractivity contribution in [3.05, 3.63) is 15.0 Å². The number of nitrogens with zero attached hydrogens (tertiary/aromatic N) is 2. The van der Waals surface area contributed by atoms with Crippen LogP contribution in [0.5, 0.6) is 0 Å². The lowest BCUT2D eigenvalue weighted by molar-refractivity contribution is -0.155. The number of amides is 1. The molecule has 1 aliphatic rings. The molecule has 0 aliphatic carbocycles. The number of hydrogen-bond donors (Lipinski definition) is 1. The smallest absolute Gasteiger partial charge is 0.410 e. The van der Waals surface area contributed by atoms with Crippen molar-refractivity contribution >= 4 is 39.3 Å². The van der Waals surface area contributed by atoms with Gasteiger partial charge in [0, 0.05) is 11.9 Å². The number of aliphatic carboxylic acids is 1. The molecule has 9 heteroatoms. The van der Waals surface area contributed by atoms with Gasteiger partial charge in [0.05, 0.1) is 6.54 Å². The van der Waals surface area contributed by atoms with E-state index in [0.717, 1.165) is 0 Å². The summed E-state index contributed by atoms with van der Waals surface area (Å²) >= 11 is 4.69. The van der Waals surface area contributed by atoms with E-state index in [0.29, 0.717) is 29.0 Å². The van der Waals surface area contributed by atoms with Gasteiger partial charge in [-0.05, 0) is 49.5 Å². The lowest BCUT2D eigenvalue weighted by Gasteiger charge is -2.41. The Labute approximate surface area is 153 Å². The number of ether oxygens (including phenoxy) is 2. The van der Waals surface area contributed by atoms with Crippen LogP contribution in [0.2, 0.25) is 0 Å². The Balaban J connectivity index is 2.23. The van der Waals surface area contributed by atoms with Crippen molar-refractivity contribution in [3.63, 3.8) is 0 Å². The Hall–Kier alpha value is -1.19. The van der Waals surface area contributed by atoms with Crippen LogP contribution in [-0.2, 0) is 19.9 Å². The van der Waals surface area contributed by atoms with Crippen LogP contribution in [0, 0.1) is 0 Å². The number of carboxylic acids is 1. The van der Waals surface area contributed by atoms with E-state index in [9.17, 15) is 9.59 Å². The minimum atomic E-state index is -1.06. The Morgan fingerprint density at radius 1 is 1.50 bits per heavy atom. The van der Waals surface area contributed by atoms with Crippen LogP contribution in [0.25, 0.3) is 0 Å². The maximum atomic E-state index is 12.4. The zero-order chi connectivity index (χ0) is 18.0. The van der Waals surface area contributed by atoms with Crippen molar-refractivity contribution < 1.29 is 24.2 Å². The predicted molar refractivity (Wildman–Crippen MR) is 92.1 cm³/mol. The molecule has 134 valence electrons. The molecule has 1 fully saturated rings. The minimum Gasteiger partial charge on any atom is -0.480 e. The molecule has 1 aromatic heterocycles. The maximum absolute atomic E-state index is 12.4. The number of piperidine rings is 1. The fourth-order valence-corrected chi connectivity index (χ4v) is 3.95. The molecule has 24 heavy (non-hydrogen) atoms. The number of carbonyl (C=O) groups is 2. The van der Waals surface area contributed by atoms with Crippen LogP contribution in [0.1, 0.15) is 38.6 Å². The van der Waals surface area contributed by atoms with Crippen LogP contribution < -0.4 is 0 Å². The number of aromatic nitrogens is 1. The molecule has 0 spiro atoms. The predicted octanol–water partition coefficient (Wildman–Crippen LogP) is 3.23. The minimum absolute atomic E-state index is 0.217. The molecule has 7 nitrogen and oxygen atoms in total. The largest absolute Gasteiger partial charge is 0.480 e. The molecule has 0 aromatic carbocycles. The van der Waals surface area contributed by atoms with Gasteiger partial charge in [0.25, 0.3) is 0 Å². The third kappa shape index (κ3) is 4.90. The van der Waals surface area contributed by atoms with Gasteiger partial charge < -0.3 is 19.5 Å². The SMILES string of the molecule is CC(C)(C)OC(=O)N1CCCC(OCC(=O)O)(c2nc(Br)cs2)C1. The average molecular weight is 421 g/mol. The molecule has 0 radical (unpaired) electrons. The second-order valence-corrected chi connectivity index (χ2v) is 8.33. The van der Waals surface area contributed by atoms with E-state index < -0.39 is 29.9 Å². The second-order valence-electron chi connectivity index (χ2n) is 6.66. The number of carbonyl (C=O) groups excluding carboxylic acids is 1. The Morgan fingerprint density at radius 3 is 2.75 bits per heavy atom. The van der Waals surface area contributed by atoms with E-state index in [-0.39, 0.29) is 6.54 Å². The molecule has 1 aliphatic heterocycles. The summed E-state index contributed by atoms with van der Waals surface area (Å²) in [7, 11) is 0. The molecular weight excluding hydrogens is 400 g/mol. The molecule has 2 rings (SSSR count). The van der Waals surface area contributed by atoms with Gasteiger partial charge in [0.1, 0.15) is 27.4 Å². The highest BCUT2D eigenvalue weighted by Gasteiger charge is 2.43. The van der Waals surface area contributed by atoms with Crippen LogP contribution >= 0.6 is 27.3 Å². The van der Waals surface area contributed by atoms with Gasteiger partial charge in [-0.3, -0.25) is 0 Å². The van der Waals surface area contributed by atoms with Crippen molar-refractivity contribution in [1.29, 1.82) is 0 Å². The van der Waals surface area contributed by atoms with E-state index in [2.05, 4.69) is 20.9 Å². The third-order valence-corrected chi connectivity index (χ3v) is 5.18. The summed E-state index contributed by atoms with van der Waals surface area (Å²) in [6, 6.07) is 0. The molecule has 1 aromatic rings. The second kappa shape index (κ2) is 7.37. The van der Waals surface area contributed by atoms with Gasteiger partial charge in [-0.15, -0.1) is 11.3 Å². The fourth-order valence-electron chi connectivity index (χ4n) is 2.52. The zero-order valence-electron chi connectivity index (χ0n) is 13.9. The maximum Gasteiger partial charge on any atom is 0.410 e. The topological polar surface area (TPSA) is 89.0 Å². The van der Waals surface area contributed by atoms with Crippen LogP contribution in [-0.4, -0.2) is 52.4 Å². The van der Waals surface area contributed by atoms with Crippen molar-refractivity contribution in [2.45, 2.75) is 44.8 Å². The van der Waals surface area contributed by atoms with Crippen molar-refractivity contribution in [2.24, 2.45) is 0 Å². The van der Waals surface area contributed by atoms with Crippen molar-refractivity contribution in [2.75, 3.05) is 19.7 Å². The summed E-state index contributed by atoms with van der Waals surface area (Å²) in [5, 5.41) is 11.5. The lowest BCUT2D eigenvalue weighted by atomic mass is 9.93. The van der Waals surface area contributed by atoms with Crippen molar-refractivity contribution in [1.82, 2.24) is 9.88 Å². The van der Waals surface area contributed by atoms with Crippen molar-refractivity contribution in [3.8, 4) is 0 Å². The number of hydrogen-bond acceptors (Lipinski definition) is 6. The molecule has 0 bridgehead atoms. The molecule has 1 unspecified atom stereocenters. The Bertz CT molecular complexity index is 615. The molecule has 1 saturated heterocycles. The van der Waals surface area contributed by atoms with Gasteiger partial charge >= 0.3 is 12.1 Å². The first-order chi connectivity index (χ1) is 11.1. The molecule has 0 saturated carbocycles. The van der Waals surface area contributed by atoms with E-state index in [4.69, 9.17) is 14.6 Å². The van der Waals surface area contributed by atoms with Crippen LogP contribution in [0.4, 0.5) is 4.79 Å². The highest BCUT2D eigenvalue weighted by atomic mass is 79.9.